The fraction of sp³-hybridized carbons (Fsp3) is 0.308. The second-order valence-corrected chi connectivity index (χ2v) is 4.45. The lowest BCUT2D eigenvalue weighted by Gasteiger charge is -2.34. The van der Waals surface area contributed by atoms with E-state index < -0.39 is 0 Å². The molecule has 1 heterocycles. The van der Waals surface area contributed by atoms with E-state index >= 15 is 0 Å². The summed E-state index contributed by atoms with van der Waals surface area (Å²) >= 11 is 0. The van der Waals surface area contributed by atoms with Crippen LogP contribution in [-0.2, 0) is 4.79 Å². The van der Waals surface area contributed by atoms with E-state index in [-0.39, 0.29) is 5.91 Å². The topological polar surface area (TPSA) is 74.3 Å². The Bertz CT molecular complexity index is 508. The van der Waals surface area contributed by atoms with Crippen molar-refractivity contribution in [2.24, 2.45) is 16.2 Å². The third-order valence-corrected chi connectivity index (χ3v) is 3.21. The summed E-state index contributed by atoms with van der Waals surface area (Å²) in [5.74, 6) is 5.11. The Hall–Kier alpha value is -2.37. The molecular weight excluding hydrogens is 242 g/mol. The first-order valence-corrected chi connectivity index (χ1v) is 6.01. The second kappa shape index (κ2) is 5.51. The van der Waals surface area contributed by atoms with Gasteiger partial charge in [0.15, 0.2) is 0 Å². The van der Waals surface area contributed by atoms with Crippen molar-refractivity contribution in [3.63, 3.8) is 0 Å². The molecule has 0 aromatic heterocycles. The Morgan fingerprint density at radius 3 is 2.58 bits per heavy atom. The number of benzene rings is 1. The minimum absolute atomic E-state index is 0.112. The summed E-state index contributed by atoms with van der Waals surface area (Å²) in [5.41, 5.74) is 2.50. The zero-order valence-corrected chi connectivity index (χ0v) is 10.9. The SMILES string of the molecule is C=C(c1ccc(N=NN)cc1)N1CCN(C)C(=O)C1. The average molecular weight is 259 g/mol. The predicted octanol–water partition coefficient (Wildman–Crippen LogP) is 1.39. The molecule has 1 amide bonds. The van der Waals surface area contributed by atoms with Crippen LogP contribution in [-0.4, -0.2) is 42.4 Å². The maximum atomic E-state index is 11.7. The molecule has 0 unspecified atom stereocenters. The first-order chi connectivity index (χ1) is 9.11. The molecule has 0 spiro atoms. The smallest absolute Gasteiger partial charge is 0.241 e. The molecule has 1 aromatic carbocycles. The molecule has 6 nitrogen and oxygen atoms in total. The molecule has 1 aromatic rings. The van der Waals surface area contributed by atoms with Gasteiger partial charge in [-0.25, -0.2) is 0 Å². The van der Waals surface area contributed by atoms with Gasteiger partial charge in [0.25, 0.3) is 0 Å². The Morgan fingerprint density at radius 2 is 2.00 bits per heavy atom. The third-order valence-electron chi connectivity index (χ3n) is 3.21. The number of piperazine rings is 1. The van der Waals surface area contributed by atoms with Gasteiger partial charge in [-0.05, 0) is 17.7 Å². The van der Waals surface area contributed by atoms with Crippen molar-refractivity contribution in [3.8, 4) is 0 Å². The first kappa shape index (κ1) is 13.1. The van der Waals surface area contributed by atoms with Crippen molar-refractivity contribution >= 4 is 17.3 Å². The number of hydrogen-bond acceptors (Lipinski definition) is 4. The van der Waals surface area contributed by atoms with Crippen molar-refractivity contribution in [3.05, 3.63) is 36.4 Å². The number of nitrogens with zero attached hydrogens (tertiary/aromatic N) is 4. The zero-order chi connectivity index (χ0) is 13.8. The maximum absolute atomic E-state index is 11.7. The van der Waals surface area contributed by atoms with Crippen LogP contribution in [0.15, 0.2) is 41.2 Å². The standard InChI is InChI=1S/C13H17N5O/c1-10(18-8-7-17(2)13(19)9-18)11-3-5-12(6-4-11)15-16-14/h3-6H,1,7-9H2,2H3,(H2,14,15). The lowest BCUT2D eigenvalue weighted by atomic mass is 10.1. The van der Waals surface area contributed by atoms with Crippen LogP contribution in [0.2, 0.25) is 0 Å². The molecule has 0 aliphatic carbocycles. The first-order valence-electron chi connectivity index (χ1n) is 6.01. The fourth-order valence-corrected chi connectivity index (χ4v) is 1.96. The molecule has 2 N–H and O–H groups in total. The maximum Gasteiger partial charge on any atom is 0.241 e. The van der Waals surface area contributed by atoms with E-state index in [9.17, 15) is 4.79 Å². The molecular formula is C13H17N5O. The molecule has 1 saturated heterocycles. The van der Waals surface area contributed by atoms with Gasteiger partial charge >= 0.3 is 0 Å². The Morgan fingerprint density at radius 1 is 1.32 bits per heavy atom. The Kier molecular flexibility index (Phi) is 3.79. The number of nitrogens with two attached hydrogens (primary N) is 1. The van der Waals surface area contributed by atoms with E-state index in [4.69, 9.17) is 5.84 Å². The molecule has 0 bridgehead atoms. The number of hydrogen-bond donors (Lipinski definition) is 1. The predicted molar refractivity (Wildman–Crippen MR) is 73.4 cm³/mol. The summed E-state index contributed by atoms with van der Waals surface area (Å²) in [6.07, 6.45) is 0. The molecule has 0 saturated carbocycles. The second-order valence-electron chi connectivity index (χ2n) is 4.45. The van der Waals surface area contributed by atoms with Gasteiger partial charge in [0, 0.05) is 25.8 Å². The number of carbonyl (C=O) groups is 1. The van der Waals surface area contributed by atoms with Crippen molar-refractivity contribution in [1.82, 2.24) is 9.80 Å². The molecule has 0 radical (unpaired) electrons. The third kappa shape index (κ3) is 2.90. The van der Waals surface area contributed by atoms with Gasteiger partial charge in [0.1, 0.15) is 0 Å². The molecule has 1 fully saturated rings. The van der Waals surface area contributed by atoms with Crippen molar-refractivity contribution in [2.75, 3.05) is 26.7 Å². The largest absolute Gasteiger partial charge is 0.360 e. The lowest BCUT2D eigenvalue weighted by Crippen LogP contribution is -2.47. The minimum atomic E-state index is 0.112. The summed E-state index contributed by atoms with van der Waals surface area (Å²) in [7, 11) is 1.81. The van der Waals surface area contributed by atoms with Crippen LogP contribution in [0.3, 0.4) is 0 Å². The lowest BCUT2D eigenvalue weighted by molar-refractivity contribution is -0.133. The normalized spacial score (nSPS) is 16.2. The van der Waals surface area contributed by atoms with Crippen molar-refractivity contribution in [2.45, 2.75) is 0 Å². The van der Waals surface area contributed by atoms with Crippen LogP contribution >= 0.6 is 0 Å². The highest BCUT2D eigenvalue weighted by Crippen LogP contribution is 2.22. The highest BCUT2D eigenvalue weighted by molar-refractivity contribution is 5.81. The summed E-state index contributed by atoms with van der Waals surface area (Å²) in [4.78, 5) is 15.4. The van der Waals surface area contributed by atoms with E-state index in [1.54, 1.807) is 4.90 Å². The summed E-state index contributed by atoms with van der Waals surface area (Å²) < 4.78 is 0. The van der Waals surface area contributed by atoms with Gasteiger partial charge in [0.2, 0.25) is 5.91 Å². The monoisotopic (exact) mass is 259 g/mol. The number of rotatable bonds is 3. The average Bonchev–Trinajstić information content (AvgIpc) is 2.42. The summed E-state index contributed by atoms with van der Waals surface area (Å²) in [5, 5.41) is 6.97. The number of carbonyl (C=O) groups excluding carboxylic acids is 1. The molecule has 100 valence electrons. The molecule has 19 heavy (non-hydrogen) atoms. The Balaban J connectivity index is 2.09. The van der Waals surface area contributed by atoms with Crippen LogP contribution in [0, 0.1) is 0 Å². The van der Waals surface area contributed by atoms with Gasteiger partial charge in [-0.2, -0.15) is 0 Å². The Labute approximate surface area is 112 Å². The number of likely N-dealkylation sites (N-methyl/N-ethyl adjacent to an activating group) is 1. The van der Waals surface area contributed by atoms with E-state index in [1.165, 1.54) is 0 Å². The van der Waals surface area contributed by atoms with Gasteiger partial charge in [-0.15, -0.1) is 5.11 Å². The van der Waals surface area contributed by atoms with Crippen LogP contribution in [0.5, 0.6) is 0 Å². The fourth-order valence-electron chi connectivity index (χ4n) is 1.96. The quantitative estimate of drug-likeness (QED) is 0.506. The van der Waals surface area contributed by atoms with Gasteiger partial charge in [-0.3, -0.25) is 4.79 Å². The van der Waals surface area contributed by atoms with Crippen LogP contribution < -0.4 is 5.84 Å². The minimum Gasteiger partial charge on any atom is -0.360 e. The van der Waals surface area contributed by atoms with Crippen molar-refractivity contribution < 1.29 is 4.79 Å². The molecule has 2 rings (SSSR count). The van der Waals surface area contributed by atoms with E-state index in [1.807, 2.05) is 36.2 Å². The number of amides is 1. The van der Waals surface area contributed by atoms with Crippen molar-refractivity contribution in [1.29, 1.82) is 0 Å². The highest BCUT2D eigenvalue weighted by Gasteiger charge is 2.22. The van der Waals surface area contributed by atoms with Gasteiger partial charge < -0.3 is 15.6 Å². The van der Waals surface area contributed by atoms with Crippen LogP contribution in [0.1, 0.15) is 5.56 Å². The van der Waals surface area contributed by atoms with E-state index in [2.05, 4.69) is 16.9 Å². The van der Waals surface area contributed by atoms with E-state index in [0.717, 1.165) is 24.4 Å². The molecule has 1 aliphatic heterocycles. The molecule has 0 atom stereocenters. The summed E-state index contributed by atoms with van der Waals surface area (Å²) in [6.45, 7) is 5.95. The molecule has 6 heteroatoms. The van der Waals surface area contributed by atoms with Gasteiger partial charge in [0.05, 0.1) is 12.2 Å². The highest BCUT2D eigenvalue weighted by atomic mass is 16.2. The van der Waals surface area contributed by atoms with E-state index in [0.29, 0.717) is 12.2 Å². The van der Waals surface area contributed by atoms with Crippen LogP contribution in [0.4, 0.5) is 5.69 Å². The van der Waals surface area contributed by atoms with Crippen LogP contribution in [0.25, 0.3) is 5.70 Å². The van der Waals surface area contributed by atoms with Gasteiger partial charge in [-0.1, -0.05) is 23.9 Å². The zero-order valence-electron chi connectivity index (χ0n) is 10.9. The molecule has 1 aliphatic rings. The summed E-state index contributed by atoms with van der Waals surface area (Å²) in [6, 6.07) is 7.42.